The number of hydrogen-bond donors (Lipinski definition) is 1. The maximum absolute atomic E-state index is 8.23. The fourth-order valence-electron chi connectivity index (χ4n) is 0.223. The van der Waals surface area contributed by atoms with Crippen molar-refractivity contribution in [1.82, 2.24) is 0 Å². The molecule has 0 aliphatic carbocycles. The van der Waals surface area contributed by atoms with Crippen molar-refractivity contribution in [2.45, 2.75) is 12.7 Å². The van der Waals surface area contributed by atoms with Crippen LogP contribution >= 0.6 is 0 Å². The van der Waals surface area contributed by atoms with Crippen molar-refractivity contribution in [1.29, 1.82) is 0 Å². The minimum absolute atomic E-state index is 0.435. The predicted octanol–water partition coefficient (Wildman–Crippen LogP) is -0.275. The molecule has 30 valence electrons. The fourth-order valence-corrected chi connectivity index (χ4v) is 0.223. The molecule has 0 aromatic rings. The molecule has 5 heavy (non-hydrogen) atoms. The predicted molar refractivity (Wildman–Crippen MR) is 16.6 cm³/mol. The summed E-state index contributed by atoms with van der Waals surface area (Å²) in [5.41, 5.74) is 0. The van der Waals surface area contributed by atoms with Crippen LogP contribution in [0.5, 0.6) is 0 Å². The van der Waals surface area contributed by atoms with Gasteiger partial charge in [0.1, 0.15) is 0 Å². The molecular weight excluding hydrogens is 68.0 g/mol. The van der Waals surface area contributed by atoms with Gasteiger partial charge < -0.3 is 9.84 Å². The standard InChI is InChI=1S/C3H6O2/c4-3-1-2-5-3/h3-4H,1-2H2/t3-/m0/s1. The Morgan fingerprint density at radius 2 is 2.20 bits per heavy atom. The molecule has 1 rings (SSSR count). The summed E-state index contributed by atoms with van der Waals surface area (Å²) < 4.78 is 4.49. The quantitative estimate of drug-likeness (QED) is 0.428. The number of rotatable bonds is 0. The second-order valence-corrected chi connectivity index (χ2v) is 1.11. The first-order valence-corrected chi connectivity index (χ1v) is 1.69. The lowest BCUT2D eigenvalue weighted by Gasteiger charge is -2.19. The molecule has 1 atom stereocenters. The van der Waals surface area contributed by atoms with E-state index in [0.717, 1.165) is 13.0 Å². The third kappa shape index (κ3) is 0.412. The SMILES string of the molecule is O[C@@H]1CCO1. The zero-order valence-electron chi connectivity index (χ0n) is 2.85. The van der Waals surface area contributed by atoms with Gasteiger partial charge in [0.05, 0.1) is 6.61 Å². The van der Waals surface area contributed by atoms with Crippen molar-refractivity contribution >= 4 is 0 Å². The molecule has 0 amide bonds. The van der Waals surface area contributed by atoms with Crippen molar-refractivity contribution in [2.75, 3.05) is 6.61 Å². The summed E-state index contributed by atoms with van der Waals surface area (Å²) in [5.74, 6) is 0. The van der Waals surface area contributed by atoms with Crippen LogP contribution in [0.1, 0.15) is 6.42 Å². The van der Waals surface area contributed by atoms with Gasteiger partial charge in [-0.2, -0.15) is 0 Å². The number of ether oxygens (including phenoxy) is 1. The van der Waals surface area contributed by atoms with E-state index in [1.165, 1.54) is 0 Å². The highest BCUT2D eigenvalue weighted by atomic mass is 16.6. The fraction of sp³-hybridized carbons (Fsp3) is 1.00. The Balaban J connectivity index is 2.08. The van der Waals surface area contributed by atoms with E-state index < -0.39 is 6.29 Å². The van der Waals surface area contributed by atoms with Gasteiger partial charge in [-0.3, -0.25) is 0 Å². The van der Waals surface area contributed by atoms with Crippen LogP contribution in [0.2, 0.25) is 0 Å². The van der Waals surface area contributed by atoms with Crippen LogP contribution < -0.4 is 0 Å². The Morgan fingerprint density at radius 3 is 2.20 bits per heavy atom. The lowest BCUT2D eigenvalue weighted by Crippen LogP contribution is -2.25. The molecule has 1 aliphatic heterocycles. The Kier molecular flexibility index (Phi) is 0.596. The summed E-state index contributed by atoms with van der Waals surface area (Å²) >= 11 is 0. The molecule has 2 heteroatoms. The van der Waals surface area contributed by atoms with E-state index in [1.807, 2.05) is 0 Å². The minimum Gasteiger partial charge on any atom is -0.368 e. The molecule has 0 unspecified atom stereocenters. The molecule has 1 aliphatic rings. The van der Waals surface area contributed by atoms with Crippen LogP contribution in [-0.2, 0) is 4.74 Å². The van der Waals surface area contributed by atoms with E-state index in [0.29, 0.717) is 0 Å². The molecule has 1 saturated heterocycles. The van der Waals surface area contributed by atoms with Gasteiger partial charge in [-0.25, -0.2) is 0 Å². The van der Waals surface area contributed by atoms with E-state index in [9.17, 15) is 0 Å². The molecule has 0 radical (unpaired) electrons. The van der Waals surface area contributed by atoms with E-state index in [2.05, 4.69) is 4.74 Å². The molecule has 2 nitrogen and oxygen atoms in total. The van der Waals surface area contributed by atoms with Crippen LogP contribution in [-0.4, -0.2) is 18.0 Å². The average Bonchev–Trinajstić information content (AvgIpc) is 1.30. The molecule has 0 saturated carbocycles. The third-order valence-electron chi connectivity index (χ3n) is 0.675. The Hall–Kier alpha value is -0.0800. The maximum Gasteiger partial charge on any atom is 0.156 e. The van der Waals surface area contributed by atoms with E-state index in [-0.39, 0.29) is 0 Å². The first-order chi connectivity index (χ1) is 2.39. The topological polar surface area (TPSA) is 29.5 Å². The Morgan fingerprint density at radius 1 is 1.80 bits per heavy atom. The number of aliphatic hydroxyl groups excluding tert-OH is 1. The normalized spacial score (nSPS) is 36.6. The summed E-state index contributed by atoms with van der Waals surface area (Å²) in [6.07, 6.45) is 0.384. The third-order valence-corrected chi connectivity index (χ3v) is 0.675. The second-order valence-electron chi connectivity index (χ2n) is 1.11. The molecule has 0 bridgehead atoms. The minimum atomic E-state index is -0.435. The van der Waals surface area contributed by atoms with Crippen LogP contribution in [0.3, 0.4) is 0 Å². The lowest BCUT2D eigenvalue weighted by molar-refractivity contribution is -0.182. The first-order valence-electron chi connectivity index (χ1n) is 1.69. The smallest absolute Gasteiger partial charge is 0.156 e. The van der Waals surface area contributed by atoms with Gasteiger partial charge in [0.2, 0.25) is 0 Å². The van der Waals surface area contributed by atoms with Gasteiger partial charge in [-0.15, -0.1) is 0 Å². The van der Waals surface area contributed by atoms with Gasteiger partial charge in [0, 0.05) is 6.42 Å². The summed E-state index contributed by atoms with van der Waals surface area (Å²) in [4.78, 5) is 0. The second kappa shape index (κ2) is 0.954. The van der Waals surface area contributed by atoms with Crippen LogP contribution in [0.25, 0.3) is 0 Å². The van der Waals surface area contributed by atoms with Crippen molar-refractivity contribution in [3.05, 3.63) is 0 Å². The van der Waals surface area contributed by atoms with Crippen molar-refractivity contribution in [3.8, 4) is 0 Å². The Labute approximate surface area is 30.4 Å². The Bertz CT molecular complexity index is 31.9. The van der Waals surface area contributed by atoms with Gasteiger partial charge in [0.15, 0.2) is 6.29 Å². The van der Waals surface area contributed by atoms with Gasteiger partial charge >= 0.3 is 0 Å². The lowest BCUT2D eigenvalue weighted by atomic mass is 10.4. The summed E-state index contributed by atoms with van der Waals surface area (Å²) in [6.45, 7) is 0.737. The molecule has 1 fully saturated rings. The summed E-state index contributed by atoms with van der Waals surface area (Å²) in [5, 5.41) is 8.23. The zero-order valence-corrected chi connectivity index (χ0v) is 2.85. The average molecular weight is 74.1 g/mol. The zero-order chi connectivity index (χ0) is 3.70. The van der Waals surface area contributed by atoms with Crippen LogP contribution in [0.4, 0.5) is 0 Å². The van der Waals surface area contributed by atoms with Gasteiger partial charge in [-0.05, 0) is 0 Å². The van der Waals surface area contributed by atoms with Crippen molar-refractivity contribution in [2.24, 2.45) is 0 Å². The molecular formula is C3H6O2. The van der Waals surface area contributed by atoms with E-state index in [1.54, 1.807) is 0 Å². The molecule has 0 spiro atoms. The van der Waals surface area contributed by atoms with Crippen molar-refractivity contribution in [3.63, 3.8) is 0 Å². The summed E-state index contributed by atoms with van der Waals surface area (Å²) in [6, 6.07) is 0. The maximum atomic E-state index is 8.23. The van der Waals surface area contributed by atoms with Crippen LogP contribution in [0.15, 0.2) is 0 Å². The molecule has 1 N–H and O–H groups in total. The summed E-state index contributed by atoms with van der Waals surface area (Å²) in [7, 11) is 0. The van der Waals surface area contributed by atoms with Gasteiger partial charge in [0.25, 0.3) is 0 Å². The molecule has 1 heterocycles. The first kappa shape index (κ1) is 3.12. The number of aliphatic hydroxyl groups is 1. The monoisotopic (exact) mass is 74.0 g/mol. The largest absolute Gasteiger partial charge is 0.368 e. The van der Waals surface area contributed by atoms with E-state index in [4.69, 9.17) is 5.11 Å². The highest BCUT2D eigenvalue weighted by molar-refractivity contribution is 4.49. The molecule has 0 aromatic heterocycles. The molecule has 0 aromatic carbocycles. The number of hydrogen-bond acceptors (Lipinski definition) is 2. The highest BCUT2D eigenvalue weighted by Gasteiger charge is 2.11. The van der Waals surface area contributed by atoms with Gasteiger partial charge in [-0.1, -0.05) is 0 Å². The van der Waals surface area contributed by atoms with Crippen LogP contribution in [0, 0.1) is 0 Å². The van der Waals surface area contributed by atoms with E-state index >= 15 is 0 Å². The van der Waals surface area contributed by atoms with Crippen molar-refractivity contribution < 1.29 is 9.84 Å². The highest BCUT2D eigenvalue weighted by Crippen LogP contribution is 2.04.